The Hall–Kier alpha value is -4.27. The third kappa shape index (κ3) is 6.93. The van der Waals surface area contributed by atoms with Gasteiger partial charge in [0.05, 0.1) is 30.1 Å². The number of thiophene rings is 1. The number of amides is 3. The lowest BCUT2D eigenvalue weighted by molar-refractivity contribution is -0.0668. The van der Waals surface area contributed by atoms with Crippen LogP contribution in [-0.2, 0) is 4.74 Å². The number of rotatable bonds is 5. The lowest BCUT2D eigenvalue weighted by Gasteiger charge is -2.44. The van der Waals surface area contributed by atoms with Crippen molar-refractivity contribution >= 4 is 34.9 Å². The fraction of sp³-hybridized carbons (Fsp3) is 0.394. The van der Waals surface area contributed by atoms with E-state index in [4.69, 9.17) is 11.3 Å². The van der Waals surface area contributed by atoms with Crippen molar-refractivity contribution in [3.05, 3.63) is 76.2 Å². The third-order valence-electron chi connectivity index (χ3n) is 7.50. The summed E-state index contributed by atoms with van der Waals surface area (Å²) in [7, 11) is 0. The van der Waals surface area contributed by atoms with Crippen molar-refractivity contribution in [1.82, 2.24) is 15.1 Å². The Morgan fingerprint density at radius 3 is 2.36 bits per heavy atom. The quantitative estimate of drug-likeness (QED) is 0.336. The van der Waals surface area contributed by atoms with Gasteiger partial charge in [-0.2, -0.15) is 0 Å². The molecule has 0 spiro atoms. The van der Waals surface area contributed by atoms with Crippen LogP contribution in [0.3, 0.4) is 0 Å². The summed E-state index contributed by atoms with van der Waals surface area (Å²) in [6.07, 6.45) is 0.906. The van der Waals surface area contributed by atoms with Gasteiger partial charge in [0, 0.05) is 35.1 Å². The molecule has 0 bridgehead atoms. The van der Waals surface area contributed by atoms with Crippen LogP contribution in [0.25, 0.3) is 26.4 Å². The minimum absolute atomic E-state index is 0.0912. The Labute approximate surface area is 260 Å². The van der Waals surface area contributed by atoms with Crippen molar-refractivity contribution in [3.63, 3.8) is 0 Å². The van der Waals surface area contributed by atoms with Gasteiger partial charge in [0.1, 0.15) is 11.4 Å². The molecule has 11 heteroatoms. The van der Waals surface area contributed by atoms with E-state index in [2.05, 4.69) is 10.2 Å². The molecule has 230 valence electrons. The number of carbonyl (C=O) groups excluding carboxylic acids is 3. The van der Waals surface area contributed by atoms with Crippen molar-refractivity contribution in [2.45, 2.75) is 57.8 Å². The molecule has 0 saturated carbocycles. The van der Waals surface area contributed by atoms with E-state index < -0.39 is 23.1 Å². The topological polar surface area (TPSA) is 104 Å². The highest BCUT2D eigenvalue weighted by Gasteiger charge is 2.39. The van der Waals surface area contributed by atoms with Crippen LogP contribution in [-0.4, -0.2) is 76.2 Å². The molecule has 2 aliphatic heterocycles. The minimum atomic E-state index is -0.872. The van der Waals surface area contributed by atoms with Crippen LogP contribution in [0.1, 0.15) is 60.6 Å². The average molecular weight is 619 g/mol. The molecule has 2 saturated heterocycles. The van der Waals surface area contributed by atoms with Gasteiger partial charge >= 0.3 is 6.09 Å². The van der Waals surface area contributed by atoms with Gasteiger partial charge in [-0.3, -0.25) is 9.59 Å². The van der Waals surface area contributed by atoms with Crippen molar-refractivity contribution in [2.24, 2.45) is 0 Å². The van der Waals surface area contributed by atoms with E-state index in [0.717, 1.165) is 16.9 Å². The van der Waals surface area contributed by atoms with Gasteiger partial charge in [-0.1, -0.05) is 24.3 Å². The predicted molar refractivity (Wildman–Crippen MR) is 166 cm³/mol. The smallest absolute Gasteiger partial charge is 0.407 e. The lowest BCUT2D eigenvalue weighted by Crippen LogP contribution is -2.61. The molecule has 3 aromatic rings. The van der Waals surface area contributed by atoms with E-state index in [1.807, 2.05) is 0 Å². The van der Waals surface area contributed by atoms with Crippen LogP contribution < -0.4 is 5.32 Å². The molecule has 5 rings (SSSR count). The molecule has 9 nitrogen and oxygen atoms in total. The van der Waals surface area contributed by atoms with Crippen LogP contribution in [0, 0.1) is 12.4 Å². The minimum Gasteiger partial charge on any atom is -0.444 e. The fourth-order valence-corrected chi connectivity index (χ4v) is 6.62. The zero-order valence-electron chi connectivity index (χ0n) is 25.1. The summed E-state index contributed by atoms with van der Waals surface area (Å²) in [6.45, 7) is 15.7. The standard InChI is InChI=1S/C33H35FN4O5S/c1-32(2,3)43-31(41)36-23-7-6-14-37(17-23)30(40)27-16-24(22-12-13-26(35-5)25(34)15-22)28(44-27)20-8-10-21(11-9-20)29(39)38-18-33(4,42)19-38/h8-13,15-16,23,42H,6-7,14,17-19H2,1-4H3,(H,36,41)/t23-/m1/s1. The van der Waals surface area contributed by atoms with Crippen LogP contribution in [0.4, 0.5) is 14.9 Å². The van der Waals surface area contributed by atoms with Gasteiger partial charge in [-0.15, -0.1) is 11.3 Å². The Morgan fingerprint density at radius 2 is 1.75 bits per heavy atom. The number of carbonyl (C=O) groups is 3. The molecule has 44 heavy (non-hydrogen) atoms. The van der Waals surface area contributed by atoms with Crippen molar-refractivity contribution in [2.75, 3.05) is 26.2 Å². The fourth-order valence-electron chi connectivity index (χ4n) is 5.47. The van der Waals surface area contributed by atoms with Gasteiger partial charge in [0.15, 0.2) is 0 Å². The molecular weight excluding hydrogens is 583 g/mol. The second-order valence-corrected chi connectivity index (χ2v) is 13.7. The summed E-state index contributed by atoms with van der Waals surface area (Å²) in [5.41, 5.74) is 0.774. The molecular formula is C33H35FN4O5S. The number of piperidine rings is 1. The largest absolute Gasteiger partial charge is 0.444 e. The van der Waals surface area contributed by atoms with Crippen LogP contribution in [0.5, 0.6) is 0 Å². The number of hydrogen-bond acceptors (Lipinski definition) is 6. The maximum atomic E-state index is 14.7. The molecule has 2 fully saturated rings. The molecule has 2 aromatic carbocycles. The summed E-state index contributed by atoms with van der Waals surface area (Å²) in [6, 6.07) is 12.8. The van der Waals surface area contributed by atoms with E-state index in [9.17, 15) is 23.9 Å². The molecule has 1 atom stereocenters. The Kier molecular flexibility index (Phi) is 8.51. The van der Waals surface area contributed by atoms with Crippen LogP contribution >= 0.6 is 11.3 Å². The predicted octanol–water partition coefficient (Wildman–Crippen LogP) is 6.11. The monoisotopic (exact) mass is 618 g/mol. The number of halogens is 1. The number of aliphatic hydroxyl groups is 1. The molecule has 0 radical (unpaired) electrons. The summed E-state index contributed by atoms with van der Waals surface area (Å²) in [4.78, 5) is 46.6. The number of likely N-dealkylation sites (tertiary alicyclic amines) is 2. The maximum Gasteiger partial charge on any atom is 0.407 e. The molecule has 2 N–H and O–H groups in total. The first kappa shape index (κ1) is 31.2. The molecule has 0 aliphatic carbocycles. The van der Waals surface area contributed by atoms with Gasteiger partial charge in [-0.25, -0.2) is 14.0 Å². The molecule has 0 unspecified atom stereocenters. The van der Waals surface area contributed by atoms with Gasteiger partial charge in [0.2, 0.25) is 5.69 Å². The van der Waals surface area contributed by atoms with Crippen LogP contribution in [0.2, 0.25) is 0 Å². The first-order valence-corrected chi connectivity index (χ1v) is 15.3. The highest BCUT2D eigenvalue weighted by atomic mass is 32.1. The first-order chi connectivity index (χ1) is 20.7. The van der Waals surface area contributed by atoms with Crippen molar-refractivity contribution in [3.8, 4) is 21.6 Å². The number of hydrogen-bond donors (Lipinski definition) is 2. The van der Waals surface area contributed by atoms with E-state index in [0.29, 0.717) is 41.1 Å². The van der Waals surface area contributed by atoms with Gasteiger partial charge in [-0.05, 0) is 75.9 Å². The highest BCUT2D eigenvalue weighted by Crippen LogP contribution is 2.41. The lowest BCUT2D eigenvalue weighted by atomic mass is 9.95. The number of ether oxygens (including phenoxy) is 1. The van der Waals surface area contributed by atoms with Crippen molar-refractivity contribution in [1.29, 1.82) is 0 Å². The number of nitrogens with zero attached hydrogens (tertiary/aromatic N) is 3. The number of β-amino-alcohol motifs (C(OH)–C–C–N with tert-alkyl or cyclic N) is 1. The van der Waals surface area contributed by atoms with E-state index in [1.165, 1.54) is 23.5 Å². The number of alkyl carbamates (subject to hydrolysis) is 1. The normalized spacial score (nSPS) is 17.8. The third-order valence-corrected chi connectivity index (χ3v) is 8.67. The zero-order chi connectivity index (χ0) is 31.8. The van der Waals surface area contributed by atoms with Crippen LogP contribution in [0.15, 0.2) is 48.5 Å². The van der Waals surface area contributed by atoms with E-state index in [1.54, 1.807) is 73.9 Å². The van der Waals surface area contributed by atoms with Crippen molar-refractivity contribution < 1.29 is 28.6 Å². The second kappa shape index (κ2) is 12.0. The maximum absolute atomic E-state index is 14.7. The van der Waals surface area contributed by atoms with E-state index in [-0.39, 0.29) is 36.6 Å². The molecule has 3 amide bonds. The summed E-state index contributed by atoms with van der Waals surface area (Å²) in [5.74, 6) is -1.03. The molecule has 2 aliphatic rings. The van der Waals surface area contributed by atoms with Gasteiger partial charge < -0.3 is 25.0 Å². The molecule has 3 heterocycles. The summed E-state index contributed by atoms with van der Waals surface area (Å²) >= 11 is 1.27. The number of benzene rings is 2. The Bertz CT molecular complexity index is 1630. The summed E-state index contributed by atoms with van der Waals surface area (Å²) in [5, 5.41) is 12.9. The highest BCUT2D eigenvalue weighted by molar-refractivity contribution is 7.18. The Balaban J connectivity index is 1.42. The second-order valence-electron chi connectivity index (χ2n) is 12.6. The number of nitrogens with one attached hydrogen (secondary N) is 1. The zero-order valence-corrected chi connectivity index (χ0v) is 26.0. The summed E-state index contributed by atoms with van der Waals surface area (Å²) < 4.78 is 20.1. The van der Waals surface area contributed by atoms with E-state index >= 15 is 0 Å². The molecule has 1 aromatic heterocycles. The average Bonchev–Trinajstić information content (AvgIpc) is 3.40. The SMILES string of the molecule is [C-]#[N+]c1ccc(-c2cc(C(=O)N3CCC[C@@H](NC(=O)OC(C)(C)C)C3)sc2-c2ccc(C(=O)N3CC(C)(O)C3)cc2)cc1F. The first-order valence-electron chi connectivity index (χ1n) is 14.4. The van der Waals surface area contributed by atoms with Gasteiger partial charge in [0.25, 0.3) is 11.8 Å². The Morgan fingerprint density at radius 1 is 1.07 bits per heavy atom.